The summed E-state index contributed by atoms with van der Waals surface area (Å²) < 4.78 is 5.22. The lowest BCUT2D eigenvalue weighted by atomic mass is 10.2. The lowest BCUT2D eigenvalue weighted by Gasteiger charge is -2.10. The molecular formula is C10H9Cl2NO2. The van der Waals surface area contributed by atoms with Crippen molar-refractivity contribution in [2.24, 2.45) is 0 Å². The van der Waals surface area contributed by atoms with Gasteiger partial charge in [0.15, 0.2) is 0 Å². The Kier molecular flexibility index (Phi) is 4.70. The number of alkyl halides is 1. The van der Waals surface area contributed by atoms with Gasteiger partial charge in [0.2, 0.25) is 0 Å². The molecule has 0 amide bonds. The summed E-state index contributed by atoms with van der Waals surface area (Å²) >= 11 is 11.1. The van der Waals surface area contributed by atoms with Gasteiger partial charge in [-0.25, -0.2) is 0 Å². The number of hydrogen-bond acceptors (Lipinski definition) is 3. The average Bonchev–Trinajstić information content (AvgIpc) is 2.26. The molecule has 0 saturated carbocycles. The van der Waals surface area contributed by atoms with Gasteiger partial charge in [0.25, 0.3) is 0 Å². The average molecular weight is 246 g/mol. The number of aliphatic hydroxyl groups is 1. The van der Waals surface area contributed by atoms with E-state index in [1.54, 1.807) is 12.1 Å². The molecule has 1 rings (SSSR count). The van der Waals surface area contributed by atoms with Crippen molar-refractivity contribution in [1.82, 2.24) is 0 Å². The van der Waals surface area contributed by atoms with Gasteiger partial charge in [0, 0.05) is 11.1 Å². The Bertz CT molecular complexity index is 376. The second kappa shape index (κ2) is 5.82. The zero-order valence-corrected chi connectivity index (χ0v) is 9.29. The molecule has 1 atom stereocenters. The van der Waals surface area contributed by atoms with Crippen LogP contribution in [0.3, 0.4) is 0 Å². The Balaban J connectivity index is 2.75. The molecule has 0 saturated heterocycles. The quantitative estimate of drug-likeness (QED) is 0.828. The van der Waals surface area contributed by atoms with E-state index in [0.717, 1.165) is 0 Å². The summed E-state index contributed by atoms with van der Waals surface area (Å²) in [5.74, 6) is 0.441. The number of ether oxygens (including phenoxy) is 1. The largest absolute Gasteiger partial charge is 0.489 e. The Morgan fingerprint density at radius 2 is 2.27 bits per heavy atom. The van der Waals surface area contributed by atoms with Crippen molar-refractivity contribution in [3.63, 3.8) is 0 Å². The first kappa shape index (κ1) is 12.1. The summed E-state index contributed by atoms with van der Waals surface area (Å²) in [6.45, 7) is 0.0402. The van der Waals surface area contributed by atoms with E-state index in [9.17, 15) is 5.11 Å². The second-order valence-corrected chi connectivity index (χ2v) is 3.62. The fraction of sp³-hybridized carbons (Fsp3) is 0.300. The van der Waals surface area contributed by atoms with Gasteiger partial charge in [-0.3, -0.25) is 0 Å². The van der Waals surface area contributed by atoms with Crippen molar-refractivity contribution in [3.8, 4) is 11.8 Å². The molecule has 0 aliphatic rings. The van der Waals surface area contributed by atoms with E-state index < -0.39 is 6.10 Å². The van der Waals surface area contributed by atoms with Gasteiger partial charge in [-0.2, -0.15) is 5.26 Å². The smallest absolute Gasteiger partial charge is 0.138 e. The molecule has 80 valence electrons. The van der Waals surface area contributed by atoms with E-state index in [-0.39, 0.29) is 12.5 Å². The third kappa shape index (κ3) is 3.60. The van der Waals surface area contributed by atoms with Crippen LogP contribution in [-0.2, 0) is 0 Å². The lowest BCUT2D eigenvalue weighted by molar-refractivity contribution is 0.125. The fourth-order valence-corrected chi connectivity index (χ4v) is 1.19. The van der Waals surface area contributed by atoms with Crippen LogP contribution in [0.15, 0.2) is 18.2 Å². The predicted molar refractivity (Wildman–Crippen MR) is 58.4 cm³/mol. The number of halogens is 2. The molecule has 0 heterocycles. The maximum absolute atomic E-state index is 9.18. The van der Waals surface area contributed by atoms with Gasteiger partial charge in [0.1, 0.15) is 24.5 Å². The van der Waals surface area contributed by atoms with Gasteiger partial charge >= 0.3 is 0 Å². The van der Waals surface area contributed by atoms with Gasteiger partial charge in [0.05, 0.1) is 11.4 Å². The van der Waals surface area contributed by atoms with Crippen LogP contribution < -0.4 is 4.74 Å². The maximum Gasteiger partial charge on any atom is 0.138 e. The summed E-state index contributed by atoms with van der Waals surface area (Å²) in [5.41, 5.74) is 0.376. The molecular weight excluding hydrogens is 237 g/mol. The highest BCUT2D eigenvalue weighted by Gasteiger charge is 2.07. The molecule has 0 aromatic heterocycles. The summed E-state index contributed by atoms with van der Waals surface area (Å²) in [7, 11) is 0. The fourth-order valence-electron chi connectivity index (χ4n) is 0.938. The first-order valence-electron chi connectivity index (χ1n) is 4.24. The maximum atomic E-state index is 9.18. The molecule has 0 bridgehead atoms. The van der Waals surface area contributed by atoms with Crippen LogP contribution >= 0.6 is 23.2 Å². The van der Waals surface area contributed by atoms with Gasteiger partial charge in [-0.15, -0.1) is 11.6 Å². The number of hydrogen-bond donors (Lipinski definition) is 1. The minimum absolute atomic E-state index is 0.0402. The molecule has 1 aromatic carbocycles. The number of aliphatic hydroxyl groups excluding tert-OH is 1. The molecule has 5 heteroatoms. The highest BCUT2D eigenvalue weighted by atomic mass is 35.5. The minimum Gasteiger partial charge on any atom is -0.489 e. The van der Waals surface area contributed by atoms with Crippen LogP contribution in [0.2, 0.25) is 5.02 Å². The molecule has 15 heavy (non-hydrogen) atoms. The van der Waals surface area contributed by atoms with Crippen molar-refractivity contribution in [2.75, 3.05) is 12.5 Å². The lowest BCUT2D eigenvalue weighted by Crippen LogP contribution is -2.19. The monoisotopic (exact) mass is 245 g/mol. The third-order valence-electron chi connectivity index (χ3n) is 1.67. The third-order valence-corrected chi connectivity index (χ3v) is 2.26. The van der Waals surface area contributed by atoms with Crippen LogP contribution in [0.1, 0.15) is 5.56 Å². The molecule has 1 N–H and O–H groups in total. The molecule has 0 spiro atoms. The second-order valence-electron chi connectivity index (χ2n) is 2.87. The van der Waals surface area contributed by atoms with Crippen LogP contribution in [0.4, 0.5) is 0 Å². The number of nitrogens with zero attached hydrogens (tertiary/aromatic N) is 1. The van der Waals surface area contributed by atoms with E-state index in [0.29, 0.717) is 16.3 Å². The first-order valence-corrected chi connectivity index (χ1v) is 5.15. The van der Waals surface area contributed by atoms with Crippen LogP contribution in [0, 0.1) is 11.3 Å². The van der Waals surface area contributed by atoms with E-state index in [1.807, 2.05) is 6.07 Å². The first-order chi connectivity index (χ1) is 7.17. The van der Waals surface area contributed by atoms with Crippen molar-refractivity contribution in [1.29, 1.82) is 5.26 Å². The van der Waals surface area contributed by atoms with Crippen molar-refractivity contribution in [3.05, 3.63) is 28.8 Å². The summed E-state index contributed by atoms with van der Waals surface area (Å²) in [4.78, 5) is 0. The van der Waals surface area contributed by atoms with Gasteiger partial charge in [-0.1, -0.05) is 11.6 Å². The van der Waals surface area contributed by atoms with Crippen LogP contribution in [0.25, 0.3) is 0 Å². The molecule has 1 aromatic rings. The van der Waals surface area contributed by atoms with Gasteiger partial charge < -0.3 is 9.84 Å². The Morgan fingerprint density at radius 3 is 2.87 bits per heavy atom. The molecule has 0 aliphatic carbocycles. The highest BCUT2D eigenvalue weighted by Crippen LogP contribution is 2.22. The zero-order valence-electron chi connectivity index (χ0n) is 7.78. The Labute approximate surface area is 97.8 Å². The molecule has 0 unspecified atom stereocenters. The molecule has 3 nitrogen and oxygen atoms in total. The SMILES string of the molecule is N#Cc1ccc(Cl)cc1OC[C@H](O)CCl. The topological polar surface area (TPSA) is 53.2 Å². The van der Waals surface area contributed by atoms with Crippen LogP contribution in [0.5, 0.6) is 5.75 Å². The van der Waals surface area contributed by atoms with E-state index in [1.165, 1.54) is 6.07 Å². The minimum atomic E-state index is -0.753. The Hall–Kier alpha value is -0.950. The predicted octanol–water partition coefficient (Wildman–Crippen LogP) is 2.19. The van der Waals surface area contributed by atoms with E-state index in [2.05, 4.69) is 0 Å². The molecule has 0 fully saturated rings. The summed E-state index contributed by atoms with van der Waals surface area (Å²) in [6, 6.07) is 6.66. The number of nitriles is 1. The van der Waals surface area contributed by atoms with E-state index in [4.69, 9.17) is 33.2 Å². The van der Waals surface area contributed by atoms with Crippen molar-refractivity contribution >= 4 is 23.2 Å². The molecule has 0 aliphatic heterocycles. The van der Waals surface area contributed by atoms with Crippen molar-refractivity contribution < 1.29 is 9.84 Å². The Morgan fingerprint density at radius 1 is 1.53 bits per heavy atom. The van der Waals surface area contributed by atoms with Gasteiger partial charge in [-0.05, 0) is 12.1 Å². The highest BCUT2D eigenvalue weighted by molar-refractivity contribution is 6.30. The number of benzene rings is 1. The van der Waals surface area contributed by atoms with E-state index >= 15 is 0 Å². The number of rotatable bonds is 4. The standard InChI is InChI=1S/C10H9Cl2NO2/c11-4-9(14)6-15-10-3-8(12)2-1-7(10)5-13/h1-3,9,14H,4,6H2/t9-/m1/s1. The molecule has 0 radical (unpaired) electrons. The summed E-state index contributed by atoms with van der Waals surface area (Å²) in [5, 5.41) is 18.4. The summed E-state index contributed by atoms with van der Waals surface area (Å²) in [6.07, 6.45) is -0.753. The van der Waals surface area contributed by atoms with Crippen molar-refractivity contribution in [2.45, 2.75) is 6.10 Å². The van der Waals surface area contributed by atoms with Crippen LogP contribution in [-0.4, -0.2) is 23.7 Å². The normalized spacial score (nSPS) is 11.9. The zero-order chi connectivity index (χ0) is 11.3.